The van der Waals surface area contributed by atoms with Crippen LogP contribution >= 0.6 is 0 Å². The molecule has 2 rings (SSSR count). The number of nitrogens with one attached hydrogen (secondary N) is 1. The van der Waals surface area contributed by atoms with Gasteiger partial charge in [0.2, 0.25) is 0 Å². The summed E-state index contributed by atoms with van der Waals surface area (Å²) in [6.45, 7) is 9.06. The Bertz CT molecular complexity index is 369. The molecule has 0 spiro atoms. The van der Waals surface area contributed by atoms with Gasteiger partial charge >= 0.3 is 0 Å². The van der Waals surface area contributed by atoms with E-state index in [4.69, 9.17) is 13.9 Å². The summed E-state index contributed by atoms with van der Waals surface area (Å²) in [5, 5.41) is 3.28. The van der Waals surface area contributed by atoms with Crippen LogP contribution < -0.4 is 5.32 Å². The van der Waals surface area contributed by atoms with Crippen LogP contribution in [-0.2, 0) is 22.6 Å². The van der Waals surface area contributed by atoms with E-state index in [2.05, 4.69) is 25.2 Å². The van der Waals surface area contributed by atoms with E-state index in [-0.39, 0.29) is 0 Å². The molecule has 0 aromatic carbocycles. The first-order chi connectivity index (χ1) is 9.29. The number of hydrogen-bond acceptors (Lipinski definition) is 4. The van der Waals surface area contributed by atoms with Crippen molar-refractivity contribution in [2.24, 2.45) is 5.92 Å². The highest BCUT2D eigenvalue weighted by Crippen LogP contribution is 2.18. The Morgan fingerprint density at radius 2 is 2.16 bits per heavy atom. The largest absolute Gasteiger partial charge is 0.462 e. The van der Waals surface area contributed by atoms with Crippen molar-refractivity contribution in [1.82, 2.24) is 5.32 Å². The lowest BCUT2D eigenvalue weighted by molar-refractivity contribution is 0.0118. The van der Waals surface area contributed by atoms with Gasteiger partial charge in [0.1, 0.15) is 18.1 Å². The number of rotatable bonds is 7. The van der Waals surface area contributed by atoms with E-state index in [1.54, 1.807) is 0 Å². The van der Waals surface area contributed by atoms with E-state index in [9.17, 15) is 0 Å². The molecule has 2 heterocycles. The third-order valence-electron chi connectivity index (χ3n) is 3.55. The van der Waals surface area contributed by atoms with Gasteiger partial charge in [0.25, 0.3) is 0 Å². The summed E-state index contributed by atoms with van der Waals surface area (Å²) in [6, 6.07) is 2.08. The lowest BCUT2D eigenvalue weighted by Gasteiger charge is -2.21. The zero-order valence-corrected chi connectivity index (χ0v) is 12.0. The van der Waals surface area contributed by atoms with Gasteiger partial charge in [0.15, 0.2) is 0 Å². The number of furan rings is 1. The SMILES string of the molecule is CCNCc1oc(COCC2CCOCC2)cc1C. The predicted octanol–water partition coefficient (Wildman–Crippen LogP) is 2.64. The fraction of sp³-hybridized carbons (Fsp3) is 0.733. The lowest BCUT2D eigenvalue weighted by atomic mass is 10.0. The number of aryl methyl sites for hydroxylation is 1. The van der Waals surface area contributed by atoms with Gasteiger partial charge in [0, 0.05) is 13.2 Å². The molecular weight excluding hydrogens is 242 g/mol. The van der Waals surface area contributed by atoms with E-state index in [1.807, 2.05) is 0 Å². The van der Waals surface area contributed by atoms with Crippen LogP contribution in [0.15, 0.2) is 10.5 Å². The van der Waals surface area contributed by atoms with Crippen molar-refractivity contribution in [1.29, 1.82) is 0 Å². The standard InChI is InChI=1S/C15H25NO3/c1-3-16-9-15-12(2)8-14(19-15)11-18-10-13-4-6-17-7-5-13/h8,13,16H,3-7,9-11H2,1-2H3. The van der Waals surface area contributed by atoms with Crippen molar-refractivity contribution in [2.75, 3.05) is 26.4 Å². The molecule has 0 radical (unpaired) electrons. The molecule has 1 aromatic heterocycles. The molecule has 4 heteroatoms. The molecule has 1 fully saturated rings. The van der Waals surface area contributed by atoms with E-state index in [0.29, 0.717) is 12.5 Å². The summed E-state index contributed by atoms with van der Waals surface area (Å²) >= 11 is 0. The van der Waals surface area contributed by atoms with Crippen molar-refractivity contribution >= 4 is 0 Å². The highest BCUT2D eigenvalue weighted by Gasteiger charge is 2.14. The Balaban J connectivity index is 1.72. The molecule has 1 N–H and O–H groups in total. The predicted molar refractivity (Wildman–Crippen MR) is 74.0 cm³/mol. The second-order valence-corrected chi connectivity index (χ2v) is 5.17. The highest BCUT2D eigenvalue weighted by atomic mass is 16.5. The maximum Gasteiger partial charge on any atom is 0.130 e. The van der Waals surface area contributed by atoms with Crippen molar-refractivity contribution in [3.05, 3.63) is 23.2 Å². The van der Waals surface area contributed by atoms with Crippen LogP contribution in [-0.4, -0.2) is 26.4 Å². The monoisotopic (exact) mass is 267 g/mol. The van der Waals surface area contributed by atoms with Gasteiger partial charge in [0.05, 0.1) is 13.2 Å². The fourth-order valence-corrected chi connectivity index (χ4v) is 2.31. The van der Waals surface area contributed by atoms with Crippen molar-refractivity contribution in [3.8, 4) is 0 Å². The summed E-state index contributed by atoms with van der Waals surface area (Å²) in [4.78, 5) is 0. The van der Waals surface area contributed by atoms with E-state index >= 15 is 0 Å². The minimum absolute atomic E-state index is 0.574. The summed E-state index contributed by atoms with van der Waals surface area (Å²) in [5.41, 5.74) is 1.20. The lowest BCUT2D eigenvalue weighted by Crippen LogP contribution is -2.20. The fourth-order valence-electron chi connectivity index (χ4n) is 2.31. The second kappa shape index (κ2) is 7.68. The van der Waals surface area contributed by atoms with E-state index in [1.165, 1.54) is 5.56 Å². The first kappa shape index (κ1) is 14.6. The first-order valence-corrected chi connectivity index (χ1v) is 7.24. The van der Waals surface area contributed by atoms with Crippen LogP contribution in [0, 0.1) is 12.8 Å². The maximum absolute atomic E-state index is 5.79. The zero-order chi connectivity index (χ0) is 13.5. The molecule has 4 nitrogen and oxygen atoms in total. The Morgan fingerprint density at radius 1 is 1.37 bits per heavy atom. The van der Waals surface area contributed by atoms with Crippen LogP contribution in [0.3, 0.4) is 0 Å². The molecule has 19 heavy (non-hydrogen) atoms. The van der Waals surface area contributed by atoms with Gasteiger partial charge < -0.3 is 19.2 Å². The molecule has 0 bridgehead atoms. The summed E-state index contributed by atoms with van der Waals surface area (Å²) < 4.78 is 16.9. The molecular formula is C15H25NO3. The minimum Gasteiger partial charge on any atom is -0.462 e. The molecule has 1 saturated heterocycles. The summed E-state index contributed by atoms with van der Waals surface area (Å²) in [6.07, 6.45) is 2.23. The topological polar surface area (TPSA) is 43.6 Å². The van der Waals surface area contributed by atoms with Gasteiger partial charge in [-0.3, -0.25) is 0 Å². The van der Waals surface area contributed by atoms with Crippen molar-refractivity contribution < 1.29 is 13.9 Å². The summed E-state index contributed by atoms with van der Waals surface area (Å²) in [5.74, 6) is 2.59. The molecule has 1 aromatic rings. The van der Waals surface area contributed by atoms with Gasteiger partial charge in [-0.2, -0.15) is 0 Å². The van der Waals surface area contributed by atoms with Gasteiger partial charge in [-0.25, -0.2) is 0 Å². The molecule has 108 valence electrons. The molecule has 1 aliphatic heterocycles. The molecule has 0 saturated carbocycles. The van der Waals surface area contributed by atoms with Gasteiger partial charge in [-0.05, 0) is 43.9 Å². The molecule has 0 aliphatic carbocycles. The third-order valence-corrected chi connectivity index (χ3v) is 3.55. The maximum atomic E-state index is 5.79. The van der Waals surface area contributed by atoms with Crippen LogP contribution in [0.25, 0.3) is 0 Å². The molecule has 0 amide bonds. The van der Waals surface area contributed by atoms with Gasteiger partial charge in [-0.1, -0.05) is 6.92 Å². The Labute approximate surface area is 115 Å². The van der Waals surface area contributed by atoms with Crippen LogP contribution in [0.4, 0.5) is 0 Å². The van der Waals surface area contributed by atoms with Crippen molar-refractivity contribution in [3.63, 3.8) is 0 Å². The Morgan fingerprint density at radius 3 is 2.89 bits per heavy atom. The Kier molecular flexibility index (Phi) is 5.89. The quantitative estimate of drug-likeness (QED) is 0.825. The average molecular weight is 267 g/mol. The zero-order valence-electron chi connectivity index (χ0n) is 12.0. The van der Waals surface area contributed by atoms with E-state index < -0.39 is 0 Å². The summed E-state index contributed by atoms with van der Waals surface area (Å²) in [7, 11) is 0. The molecule has 0 unspecified atom stereocenters. The normalized spacial score (nSPS) is 16.9. The number of hydrogen-bond donors (Lipinski definition) is 1. The van der Waals surface area contributed by atoms with Gasteiger partial charge in [-0.15, -0.1) is 0 Å². The minimum atomic E-state index is 0.574. The highest BCUT2D eigenvalue weighted by molar-refractivity contribution is 5.19. The van der Waals surface area contributed by atoms with Crippen LogP contribution in [0.5, 0.6) is 0 Å². The van der Waals surface area contributed by atoms with Crippen molar-refractivity contribution in [2.45, 2.75) is 39.8 Å². The van der Waals surface area contributed by atoms with Crippen LogP contribution in [0.2, 0.25) is 0 Å². The van der Waals surface area contributed by atoms with E-state index in [0.717, 1.165) is 57.3 Å². The molecule has 0 atom stereocenters. The third kappa shape index (κ3) is 4.64. The number of ether oxygens (including phenoxy) is 2. The smallest absolute Gasteiger partial charge is 0.130 e. The van der Waals surface area contributed by atoms with Crippen LogP contribution in [0.1, 0.15) is 36.8 Å². The second-order valence-electron chi connectivity index (χ2n) is 5.17. The Hall–Kier alpha value is -0.840. The average Bonchev–Trinajstić information content (AvgIpc) is 2.78. The first-order valence-electron chi connectivity index (χ1n) is 7.24. The molecule has 1 aliphatic rings.